The fraction of sp³-hybridized carbons (Fsp3) is 0.417. The first-order chi connectivity index (χ1) is 8.00. The van der Waals surface area contributed by atoms with E-state index in [1.165, 1.54) is 0 Å². The Morgan fingerprint density at radius 1 is 1.22 bits per heavy atom. The highest BCUT2D eigenvalue weighted by atomic mass is 19.4. The van der Waals surface area contributed by atoms with Crippen LogP contribution in [-0.2, 0) is 10.9 Å². The second kappa shape index (κ2) is 4.51. The van der Waals surface area contributed by atoms with E-state index in [1.807, 2.05) is 0 Å². The lowest BCUT2D eigenvalue weighted by Gasteiger charge is -2.20. The van der Waals surface area contributed by atoms with E-state index in [-0.39, 0.29) is 11.3 Å². The molecule has 0 aliphatic rings. The van der Waals surface area contributed by atoms with Gasteiger partial charge in [-0.05, 0) is 39.0 Å². The van der Waals surface area contributed by atoms with Crippen molar-refractivity contribution in [2.45, 2.75) is 32.5 Å². The molecule has 2 N–H and O–H groups in total. The van der Waals surface area contributed by atoms with Gasteiger partial charge in [-0.3, -0.25) is 0 Å². The van der Waals surface area contributed by atoms with Crippen LogP contribution in [0.5, 0.6) is 0 Å². The third-order valence-electron chi connectivity index (χ3n) is 2.00. The molecule has 18 heavy (non-hydrogen) atoms. The van der Waals surface area contributed by atoms with Gasteiger partial charge in [0.05, 0.1) is 11.1 Å². The van der Waals surface area contributed by atoms with Gasteiger partial charge >= 0.3 is 12.1 Å². The minimum Gasteiger partial charge on any atom is -0.456 e. The summed E-state index contributed by atoms with van der Waals surface area (Å²) < 4.78 is 42.2. The molecule has 0 bridgehead atoms. The average Bonchev–Trinajstić information content (AvgIpc) is 2.12. The first-order valence-corrected chi connectivity index (χ1v) is 5.21. The van der Waals surface area contributed by atoms with Gasteiger partial charge in [-0.2, -0.15) is 13.2 Å². The SMILES string of the molecule is CC(C)(C)OC(=O)c1ccc(C(F)(F)F)cc1N. The number of nitrogens with two attached hydrogens (primary N) is 1. The number of esters is 1. The number of rotatable bonds is 1. The maximum absolute atomic E-state index is 12.4. The number of benzene rings is 1. The summed E-state index contributed by atoms with van der Waals surface area (Å²) >= 11 is 0. The van der Waals surface area contributed by atoms with Gasteiger partial charge < -0.3 is 10.5 Å². The quantitative estimate of drug-likeness (QED) is 0.623. The van der Waals surface area contributed by atoms with Crippen molar-refractivity contribution in [3.8, 4) is 0 Å². The van der Waals surface area contributed by atoms with Crippen LogP contribution in [0.15, 0.2) is 18.2 Å². The number of halogens is 3. The highest BCUT2D eigenvalue weighted by molar-refractivity contribution is 5.95. The topological polar surface area (TPSA) is 52.3 Å². The molecule has 1 aromatic carbocycles. The van der Waals surface area contributed by atoms with E-state index in [1.54, 1.807) is 20.8 Å². The van der Waals surface area contributed by atoms with E-state index in [0.717, 1.165) is 18.2 Å². The lowest BCUT2D eigenvalue weighted by Crippen LogP contribution is -2.24. The molecule has 6 heteroatoms. The highest BCUT2D eigenvalue weighted by Crippen LogP contribution is 2.31. The molecule has 3 nitrogen and oxygen atoms in total. The van der Waals surface area contributed by atoms with Crippen LogP contribution in [0.3, 0.4) is 0 Å². The molecule has 0 saturated heterocycles. The Labute approximate surface area is 103 Å². The molecule has 0 unspecified atom stereocenters. The Morgan fingerprint density at radius 3 is 2.17 bits per heavy atom. The van der Waals surface area contributed by atoms with Crippen LogP contribution in [0.25, 0.3) is 0 Å². The van der Waals surface area contributed by atoms with Gasteiger partial charge in [-0.15, -0.1) is 0 Å². The molecule has 0 aliphatic carbocycles. The number of carbonyl (C=O) groups excluding carboxylic acids is 1. The van der Waals surface area contributed by atoms with E-state index in [2.05, 4.69) is 0 Å². The summed E-state index contributed by atoms with van der Waals surface area (Å²) in [5.41, 5.74) is 3.49. The maximum atomic E-state index is 12.4. The zero-order chi connectivity index (χ0) is 14.1. The van der Waals surface area contributed by atoms with Gasteiger partial charge in [0.1, 0.15) is 5.60 Å². The molecule has 0 atom stereocenters. The fourth-order valence-electron chi connectivity index (χ4n) is 1.26. The Kier molecular flexibility index (Phi) is 3.59. The zero-order valence-electron chi connectivity index (χ0n) is 10.3. The van der Waals surface area contributed by atoms with E-state index in [0.29, 0.717) is 0 Å². The Hall–Kier alpha value is -1.72. The van der Waals surface area contributed by atoms with Crippen molar-refractivity contribution in [3.63, 3.8) is 0 Å². The van der Waals surface area contributed by atoms with Crippen molar-refractivity contribution in [1.29, 1.82) is 0 Å². The van der Waals surface area contributed by atoms with Crippen molar-refractivity contribution in [3.05, 3.63) is 29.3 Å². The number of hydrogen-bond acceptors (Lipinski definition) is 3. The van der Waals surface area contributed by atoms with Crippen molar-refractivity contribution >= 4 is 11.7 Å². The number of nitrogen functional groups attached to an aromatic ring is 1. The number of anilines is 1. The van der Waals surface area contributed by atoms with Crippen LogP contribution in [-0.4, -0.2) is 11.6 Å². The van der Waals surface area contributed by atoms with Crippen molar-refractivity contribution in [2.75, 3.05) is 5.73 Å². The van der Waals surface area contributed by atoms with E-state index in [9.17, 15) is 18.0 Å². The predicted molar refractivity (Wildman–Crippen MR) is 61.0 cm³/mol. The molecule has 1 rings (SSSR count). The van der Waals surface area contributed by atoms with E-state index >= 15 is 0 Å². The van der Waals surface area contributed by atoms with E-state index in [4.69, 9.17) is 10.5 Å². The molecule has 0 radical (unpaired) electrons. The summed E-state index contributed by atoms with van der Waals surface area (Å²) in [5, 5.41) is 0. The van der Waals surface area contributed by atoms with Crippen LogP contribution >= 0.6 is 0 Å². The fourth-order valence-corrected chi connectivity index (χ4v) is 1.26. The average molecular weight is 261 g/mol. The summed E-state index contributed by atoms with van der Waals surface area (Å²) in [6, 6.07) is 2.54. The highest BCUT2D eigenvalue weighted by Gasteiger charge is 2.31. The largest absolute Gasteiger partial charge is 0.456 e. The van der Waals surface area contributed by atoms with E-state index < -0.39 is 23.3 Å². The molecule has 1 aromatic rings. The van der Waals surface area contributed by atoms with Crippen molar-refractivity contribution in [1.82, 2.24) is 0 Å². The Morgan fingerprint density at radius 2 is 1.78 bits per heavy atom. The van der Waals surface area contributed by atoms with Gasteiger partial charge in [-0.25, -0.2) is 4.79 Å². The number of hydrogen-bond donors (Lipinski definition) is 1. The molecular formula is C12H14F3NO2. The first-order valence-electron chi connectivity index (χ1n) is 5.21. The van der Waals surface area contributed by atoms with Crippen LogP contribution < -0.4 is 5.73 Å². The minimum absolute atomic E-state index is 0.0714. The molecular weight excluding hydrogens is 247 g/mol. The second-order valence-corrected chi connectivity index (χ2v) is 4.80. The summed E-state index contributed by atoms with van der Waals surface area (Å²) in [4.78, 5) is 11.7. The second-order valence-electron chi connectivity index (χ2n) is 4.80. The summed E-state index contributed by atoms with van der Waals surface area (Å²) in [6.45, 7) is 4.97. The summed E-state index contributed by atoms with van der Waals surface area (Å²) in [5.74, 6) is -0.742. The lowest BCUT2D eigenvalue weighted by molar-refractivity contribution is -0.137. The first kappa shape index (κ1) is 14.3. The lowest BCUT2D eigenvalue weighted by atomic mass is 10.1. The Balaban J connectivity index is 3.03. The number of alkyl halides is 3. The van der Waals surface area contributed by atoms with Crippen molar-refractivity contribution < 1.29 is 22.7 Å². The van der Waals surface area contributed by atoms with Gasteiger partial charge in [0.2, 0.25) is 0 Å². The normalized spacial score (nSPS) is 12.3. The molecule has 0 heterocycles. The van der Waals surface area contributed by atoms with Crippen molar-refractivity contribution in [2.24, 2.45) is 0 Å². The number of carbonyl (C=O) groups is 1. The van der Waals surface area contributed by atoms with Gasteiger partial charge in [0.15, 0.2) is 0 Å². The van der Waals surface area contributed by atoms with Crippen LogP contribution in [0, 0.1) is 0 Å². The Bertz CT molecular complexity index is 461. The van der Waals surface area contributed by atoms with Gasteiger partial charge in [-0.1, -0.05) is 0 Å². The minimum atomic E-state index is -4.49. The predicted octanol–water partition coefficient (Wildman–Crippen LogP) is 3.24. The molecule has 0 amide bonds. The monoisotopic (exact) mass is 261 g/mol. The van der Waals surface area contributed by atoms with Crippen LogP contribution in [0.1, 0.15) is 36.7 Å². The summed E-state index contributed by atoms with van der Waals surface area (Å²) in [7, 11) is 0. The molecule has 0 fully saturated rings. The van der Waals surface area contributed by atoms with Crippen LogP contribution in [0.2, 0.25) is 0 Å². The third-order valence-corrected chi connectivity index (χ3v) is 2.00. The maximum Gasteiger partial charge on any atom is 0.416 e. The molecule has 0 spiro atoms. The summed E-state index contributed by atoms with van der Waals surface area (Å²) in [6.07, 6.45) is -4.49. The molecule has 0 saturated carbocycles. The van der Waals surface area contributed by atoms with Gasteiger partial charge in [0.25, 0.3) is 0 Å². The molecule has 0 aromatic heterocycles. The van der Waals surface area contributed by atoms with Gasteiger partial charge in [0, 0.05) is 5.69 Å². The van der Waals surface area contributed by atoms with Crippen LogP contribution in [0.4, 0.5) is 18.9 Å². The molecule has 0 aliphatic heterocycles. The smallest absolute Gasteiger partial charge is 0.416 e. The standard InChI is InChI=1S/C12H14F3NO2/c1-11(2,3)18-10(17)8-5-4-7(6-9(8)16)12(13,14)15/h4-6H,16H2,1-3H3. The third kappa shape index (κ3) is 3.65. The number of ether oxygens (including phenoxy) is 1. The zero-order valence-corrected chi connectivity index (χ0v) is 10.3. The molecule has 100 valence electrons.